The summed E-state index contributed by atoms with van der Waals surface area (Å²) in [4.78, 5) is 16.6. The van der Waals surface area contributed by atoms with Gasteiger partial charge in [0.15, 0.2) is 5.69 Å². The number of amides is 1. The number of hydrogen-bond donors (Lipinski definition) is 1. The van der Waals surface area contributed by atoms with Crippen LogP contribution in [0.3, 0.4) is 0 Å². The van der Waals surface area contributed by atoms with Crippen LogP contribution < -0.4 is 14.8 Å². The summed E-state index contributed by atoms with van der Waals surface area (Å²) in [5, 5.41) is 11.0. The lowest BCUT2D eigenvalue weighted by Crippen LogP contribution is -2.14. The molecule has 0 saturated carbocycles. The summed E-state index contributed by atoms with van der Waals surface area (Å²) in [6.07, 6.45) is 3.32. The Bertz CT molecular complexity index is 1160. The molecule has 0 radical (unpaired) electrons. The van der Waals surface area contributed by atoms with Gasteiger partial charge in [0.25, 0.3) is 5.91 Å². The molecule has 2 heterocycles. The lowest BCUT2D eigenvalue weighted by molar-refractivity contribution is 0.102. The lowest BCUT2D eigenvalue weighted by Gasteiger charge is -2.08. The van der Waals surface area contributed by atoms with E-state index >= 15 is 0 Å². The summed E-state index contributed by atoms with van der Waals surface area (Å²) < 4.78 is 12.6. The monoisotopic (exact) mass is 401 g/mol. The third-order valence-corrected chi connectivity index (χ3v) is 4.41. The van der Waals surface area contributed by atoms with Crippen LogP contribution >= 0.6 is 0 Å². The number of ether oxygens (including phenoxy) is 2. The van der Waals surface area contributed by atoms with Crippen molar-refractivity contribution >= 4 is 11.6 Å². The minimum absolute atomic E-state index is 0.245. The second-order valence-corrected chi connectivity index (χ2v) is 6.40. The zero-order valence-corrected chi connectivity index (χ0v) is 16.4. The van der Waals surface area contributed by atoms with Crippen LogP contribution in [0.15, 0.2) is 73.1 Å². The number of aromatic nitrogens is 4. The van der Waals surface area contributed by atoms with Crippen molar-refractivity contribution < 1.29 is 14.3 Å². The van der Waals surface area contributed by atoms with Gasteiger partial charge >= 0.3 is 0 Å². The van der Waals surface area contributed by atoms with Gasteiger partial charge in [-0.2, -0.15) is 0 Å². The Balaban J connectivity index is 1.47. The normalized spacial score (nSPS) is 10.5. The zero-order valence-electron chi connectivity index (χ0n) is 16.4. The molecular formula is C22H19N5O3. The van der Waals surface area contributed by atoms with E-state index in [0.29, 0.717) is 28.6 Å². The summed E-state index contributed by atoms with van der Waals surface area (Å²) in [6.45, 7) is 1.79. The Kier molecular flexibility index (Phi) is 5.38. The summed E-state index contributed by atoms with van der Waals surface area (Å²) >= 11 is 0. The molecule has 0 aliphatic carbocycles. The number of nitrogens with one attached hydrogen (secondary N) is 1. The van der Waals surface area contributed by atoms with E-state index in [1.165, 1.54) is 0 Å². The van der Waals surface area contributed by atoms with Crippen molar-refractivity contribution in [3.8, 4) is 22.9 Å². The van der Waals surface area contributed by atoms with Gasteiger partial charge < -0.3 is 14.8 Å². The van der Waals surface area contributed by atoms with Crippen LogP contribution in [0.25, 0.3) is 5.69 Å². The molecule has 8 nitrogen and oxygen atoms in total. The van der Waals surface area contributed by atoms with E-state index in [4.69, 9.17) is 9.47 Å². The number of carbonyl (C=O) groups is 1. The fraction of sp³-hybridized carbons (Fsp3) is 0.0909. The highest BCUT2D eigenvalue weighted by Gasteiger charge is 2.18. The van der Waals surface area contributed by atoms with Crippen LogP contribution in [0.2, 0.25) is 0 Å². The first-order valence-corrected chi connectivity index (χ1v) is 9.20. The highest BCUT2D eigenvalue weighted by atomic mass is 16.5. The fourth-order valence-corrected chi connectivity index (χ4v) is 2.87. The van der Waals surface area contributed by atoms with Crippen LogP contribution in [0, 0.1) is 6.92 Å². The van der Waals surface area contributed by atoms with Gasteiger partial charge in [0.1, 0.15) is 17.2 Å². The van der Waals surface area contributed by atoms with Crippen LogP contribution in [0.5, 0.6) is 17.2 Å². The topological polar surface area (TPSA) is 91.2 Å². The molecule has 0 aliphatic rings. The van der Waals surface area contributed by atoms with E-state index < -0.39 is 0 Å². The molecule has 1 N–H and O–H groups in total. The maximum Gasteiger partial charge on any atom is 0.278 e. The molecule has 0 bridgehead atoms. The van der Waals surface area contributed by atoms with E-state index in [-0.39, 0.29) is 11.6 Å². The second kappa shape index (κ2) is 8.44. The Labute approximate surface area is 173 Å². The van der Waals surface area contributed by atoms with E-state index in [0.717, 1.165) is 5.69 Å². The SMILES string of the molecule is COc1cccc(-n2nnc(C(=O)Nc3ccc(Oc4ccncc4)cc3)c2C)c1. The molecule has 8 heteroatoms. The van der Waals surface area contributed by atoms with Crippen molar-refractivity contribution in [2.75, 3.05) is 12.4 Å². The van der Waals surface area contributed by atoms with E-state index in [1.807, 2.05) is 24.3 Å². The molecular weight excluding hydrogens is 382 g/mol. The van der Waals surface area contributed by atoms with Gasteiger partial charge in [-0.1, -0.05) is 11.3 Å². The number of rotatable bonds is 6. The van der Waals surface area contributed by atoms with Crippen molar-refractivity contribution in [3.63, 3.8) is 0 Å². The molecule has 4 rings (SSSR count). The predicted molar refractivity (Wildman–Crippen MR) is 111 cm³/mol. The van der Waals surface area contributed by atoms with E-state index in [9.17, 15) is 4.79 Å². The summed E-state index contributed by atoms with van der Waals surface area (Å²) in [5.41, 5.74) is 2.25. The lowest BCUT2D eigenvalue weighted by atomic mass is 10.2. The van der Waals surface area contributed by atoms with Gasteiger partial charge in [-0.15, -0.1) is 5.10 Å². The van der Waals surface area contributed by atoms with Crippen molar-refractivity contribution in [1.82, 2.24) is 20.0 Å². The van der Waals surface area contributed by atoms with Gasteiger partial charge in [-0.05, 0) is 55.5 Å². The molecule has 2 aromatic heterocycles. The smallest absolute Gasteiger partial charge is 0.278 e. The molecule has 30 heavy (non-hydrogen) atoms. The Morgan fingerprint density at radius 1 is 0.967 bits per heavy atom. The highest BCUT2D eigenvalue weighted by Crippen LogP contribution is 2.23. The largest absolute Gasteiger partial charge is 0.497 e. The number of benzene rings is 2. The Morgan fingerprint density at radius 3 is 2.43 bits per heavy atom. The van der Waals surface area contributed by atoms with Gasteiger partial charge in [0, 0.05) is 24.1 Å². The number of anilines is 1. The molecule has 0 saturated heterocycles. The fourth-order valence-electron chi connectivity index (χ4n) is 2.87. The number of hydrogen-bond acceptors (Lipinski definition) is 6. The minimum Gasteiger partial charge on any atom is -0.497 e. The number of carbonyl (C=O) groups excluding carboxylic acids is 1. The minimum atomic E-state index is -0.343. The number of methoxy groups -OCH3 is 1. The standard InChI is InChI=1S/C22H19N5O3/c1-15-21(25-26-27(15)17-4-3-5-20(14-17)29-2)22(28)24-16-6-8-18(9-7-16)30-19-10-12-23-13-11-19/h3-14H,1-2H3,(H,24,28). The van der Waals surface area contributed by atoms with E-state index in [2.05, 4.69) is 20.6 Å². The maximum atomic E-state index is 12.7. The number of nitrogens with zero attached hydrogens (tertiary/aromatic N) is 4. The zero-order chi connectivity index (χ0) is 20.9. The van der Waals surface area contributed by atoms with Crippen LogP contribution in [0.4, 0.5) is 5.69 Å². The second-order valence-electron chi connectivity index (χ2n) is 6.40. The predicted octanol–water partition coefficient (Wildman–Crippen LogP) is 4.02. The van der Waals surface area contributed by atoms with Crippen LogP contribution in [0.1, 0.15) is 16.2 Å². The molecule has 2 aromatic carbocycles. The van der Waals surface area contributed by atoms with Gasteiger partial charge in [0.05, 0.1) is 18.5 Å². The van der Waals surface area contributed by atoms with Gasteiger partial charge in [0.2, 0.25) is 0 Å². The third kappa shape index (κ3) is 4.12. The average molecular weight is 401 g/mol. The Hall–Kier alpha value is -4.20. The third-order valence-electron chi connectivity index (χ3n) is 4.41. The van der Waals surface area contributed by atoms with Gasteiger partial charge in [-0.25, -0.2) is 4.68 Å². The van der Waals surface area contributed by atoms with Crippen molar-refractivity contribution in [1.29, 1.82) is 0 Å². The first-order valence-electron chi connectivity index (χ1n) is 9.20. The van der Waals surface area contributed by atoms with Crippen LogP contribution in [-0.4, -0.2) is 33.0 Å². The quantitative estimate of drug-likeness (QED) is 0.525. The van der Waals surface area contributed by atoms with Gasteiger partial charge in [-0.3, -0.25) is 9.78 Å². The molecule has 1 amide bonds. The molecule has 0 unspecified atom stereocenters. The van der Waals surface area contributed by atoms with Crippen molar-refractivity contribution in [3.05, 3.63) is 84.4 Å². The molecule has 0 atom stereocenters. The molecule has 4 aromatic rings. The molecule has 150 valence electrons. The Morgan fingerprint density at radius 2 is 1.70 bits per heavy atom. The van der Waals surface area contributed by atoms with Crippen molar-refractivity contribution in [2.24, 2.45) is 0 Å². The summed E-state index contributed by atoms with van der Waals surface area (Å²) in [6, 6.07) is 18.0. The molecule has 0 aliphatic heterocycles. The number of pyridine rings is 1. The van der Waals surface area contributed by atoms with Crippen LogP contribution in [-0.2, 0) is 0 Å². The summed E-state index contributed by atoms with van der Waals surface area (Å²) in [7, 11) is 1.60. The molecule has 0 spiro atoms. The first-order chi connectivity index (χ1) is 14.6. The summed E-state index contributed by atoms with van der Waals surface area (Å²) in [5.74, 6) is 1.69. The maximum absolute atomic E-state index is 12.7. The van der Waals surface area contributed by atoms with E-state index in [1.54, 1.807) is 67.5 Å². The average Bonchev–Trinajstić information content (AvgIpc) is 3.17. The molecule has 0 fully saturated rings. The highest BCUT2D eigenvalue weighted by molar-refractivity contribution is 6.03. The first kappa shape index (κ1) is 19.1. The van der Waals surface area contributed by atoms with Crippen molar-refractivity contribution in [2.45, 2.75) is 6.92 Å².